The second-order valence-electron chi connectivity index (χ2n) is 4.99. The predicted molar refractivity (Wildman–Crippen MR) is 87.7 cm³/mol. The van der Waals surface area contributed by atoms with E-state index in [0.717, 1.165) is 17.2 Å². The summed E-state index contributed by atoms with van der Waals surface area (Å²) < 4.78 is 5.86. The van der Waals surface area contributed by atoms with Crippen LogP contribution in [-0.4, -0.2) is 12.4 Å². The minimum atomic E-state index is 0.707. The van der Waals surface area contributed by atoms with Crippen molar-refractivity contribution in [2.45, 2.75) is 25.7 Å². The summed E-state index contributed by atoms with van der Waals surface area (Å²) in [5.41, 5.74) is 10.2. The molecule has 106 valence electrons. The summed E-state index contributed by atoms with van der Waals surface area (Å²) in [4.78, 5) is 1.27. The fourth-order valence-electron chi connectivity index (χ4n) is 2.00. The summed E-state index contributed by atoms with van der Waals surface area (Å²) in [6, 6.07) is 12.3. The van der Waals surface area contributed by atoms with Gasteiger partial charge in [-0.2, -0.15) is 0 Å². The van der Waals surface area contributed by atoms with Crippen molar-refractivity contribution in [3.05, 3.63) is 53.1 Å². The van der Waals surface area contributed by atoms with Crippen LogP contribution in [-0.2, 0) is 0 Å². The third-order valence-corrected chi connectivity index (χ3v) is 4.28. The van der Waals surface area contributed by atoms with Gasteiger partial charge in [0, 0.05) is 16.3 Å². The van der Waals surface area contributed by atoms with Gasteiger partial charge in [0.05, 0.1) is 6.61 Å². The second-order valence-corrected chi connectivity index (χ2v) is 6.13. The lowest BCUT2D eigenvalue weighted by atomic mass is 10.1. The highest BCUT2D eigenvalue weighted by Gasteiger charge is 2.02. The van der Waals surface area contributed by atoms with Crippen molar-refractivity contribution in [1.82, 2.24) is 0 Å². The molecule has 2 rings (SSSR count). The Kier molecular flexibility index (Phi) is 4.96. The summed E-state index contributed by atoms with van der Waals surface area (Å²) >= 11 is 1.80. The maximum absolute atomic E-state index is 5.86. The molecular weight excluding hydrogens is 266 g/mol. The molecule has 0 spiro atoms. The summed E-state index contributed by atoms with van der Waals surface area (Å²) in [6.45, 7) is 6.95. The van der Waals surface area contributed by atoms with E-state index in [4.69, 9.17) is 10.5 Å². The zero-order valence-corrected chi connectivity index (χ0v) is 13.1. The maximum Gasteiger partial charge on any atom is 0.122 e. The number of aryl methyl sites for hydroxylation is 3. The summed E-state index contributed by atoms with van der Waals surface area (Å²) in [5, 5.41) is 0. The highest BCUT2D eigenvalue weighted by atomic mass is 32.2. The molecule has 0 aliphatic rings. The van der Waals surface area contributed by atoms with Gasteiger partial charge in [0.15, 0.2) is 0 Å². The zero-order chi connectivity index (χ0) is 14.5. The molecule has 0 aliphatic heterocycles. The molecule has 0 atom stereocenters. The highest BCUT2D eigenvalue weighted by Crippen LogP contribution is 2.25. The Morgan fingerprint density at radius 2 is 1.80 bits per heavy atom. The molecule has 0 radical (unpaired) electrons. The molecule has 2 aromatic rings. The van der Waals surface area contributed by atoms with Crippen molar-refractivity contribution in [2.24, 2.45) is 0 Å². The summed E-state index contributed by atoms with van der Waals surface area (Å²) in [6.07, 6.45) is 0. The molecule has 0 fully saturated rings. The van der Waals surface area contributed by atoms with E-state index >= 15 is 0 Å². The molecule has 0 aromatic heterocycles. The van der Waals surface area contributed by atoms with Gasteiger partial charge < -0.3 is 10.5 Å². The topological polar surface area (TPSA) is 35.2 Å². The fraction of sp³-hybridized carbons (Fsp3) is 0.294. The molecule has 0 bridgehead atoms. The lowest BCUT2D eigenvalue weighted by molar-refractivity contribution is 0.341. The Hall–Kier alpha value is -1.61. The third-order valence-electron chi connectivity index (χ3n) is 3.14. The molecule has 0 heterocycles. The number of anilines is 1. The van der Waals surface area contributed by atoms with Crippen LogP contribution in [0.4, 0.5) is 5.69 Å². The van der Waals surface area contributed by atoms with Crippen LogP contribution >= 0.6 is 11.8 Å². The van der Waals surface area contributed by atoms with E-state index in [9.17, 15) is 0 Å². The molecule has 2 aromatic carbocycles. The smallest absolute Gasteiger partial charge is 0.122 e. The number of thioether (sulfide) groups is 1. The van der Waals surface area contributed by atoms with Gasteiger partial charge in [-0.15, -0.1) is 11.8 Å². The van der Waals surface area contributed by atoms with E-state index in [1.54, 1.807) is 11.8 Å². The summed E-state index contributed by atoms with van der Waals surface area (Å²) in [5.74, 6) is 1.91. The van der Waals surface area contributed by atoms with Crippen molar-refractivity contribution in [2.75, 3.05) is 18.1 Å². The van der Waals surface area contributed by atoms with E-state index in [0.29, 0.717) is 6.61 Å². The molecule has 0 saturated carbocycles. The molecule has 0 saturated heterocycles. The number of benzene rings is 2. The lowest BCUT2D eigenvalue weighted by Crippen LogP contribution is -2.02. The molecule has 0 unspecified atom stereocenters. The van der Waals surface area contributed by atoms with Crippen LogP contribution in [0.5, 0.6) is 5.75 Å². The van der Waals surface area contributed by atoms with E-state index in [-0.39, 0.29) is 0 Å². The van der Waals surface area contributed by atoms with Gasteiger partial charge in [0.1, 0.15) is 5.75 Å². The Morgan fingerprint density at radius 1 is 1.00 bits per heavy atom. The second kappa shape index (κ2) is 6.71. The average molecular weight is 287 g/mol. The van der Waals surface area contributed by atoms with Gasteiger partial charge in [-0.3, -0.25) is 0 Å². The quantitative estimate of drug-likeness (QED) is 0.504. The Balaban J connectivity index is 1.86. The molecule has 20 heavy (non-hydrogen) atoms. The number of nitrogen functional groups attached to an aromatic ring is 1. The number of nitrogens with two attached hydrogens (primary N) is 1. The molecule has 3 heteroatoms. The van der Waals surface area contributed by atoms with Crippen molar-refractivity contribution < 1.29 is 4.74 Å². The average Bonchev–Trinajstić information content (AvgIpc) is 2.40. The Labute approximate surface area is 125 Å². The standard InChI is InChI=1S/C17H21NOS/c1-12-4-5-13(2)16(10-12)19-8-9-20-17-7-6-15(18)11-14(17)3/h4-7,10-11H,8-9,18H2,1-3H3. The molecule has 2 N–H and O–H groups in total. The molecule has 0 aliphatic carbocycles. The van der Waals surface area contributed by atoms with Crippen LogP contribution in [0.2, 0.25) is 0 Å². The van der Waals surface area contributed by atoms with Crippen LogP contribution in [0, 0.1) is 20.8 Å². The van der Waals surface area contributed by atoms with Gasteiger partial charge in [-0.05, 0) is 61.7 Å². The highest BCUT2D eigenvalue weighted by molar-refractivity contribution is 7.99. The first-order valence-electron chi connectivity index (χ1n) is 6.75. The fourth-order valence-corrected chi connectivity index (χ4v) is 2.84. The number of hydrogen-bond donors (Lipinski definition) is 1. The van der Waals surface area contributed by atoms with Gasteiger partial charge in [0.2, 0.25) is 0 Å². The van der Waals surface area contributed by atoms with E-state index in [1.807, 2.05) is 12.1 Å². The van der Waals surface area contributed by atoms with Crippen molar-refractivity contribution in [1.29, 1.82) is 0 Å². The summed E-state index contributed by atoms with van der Waals surface area (Å²) in [7, 11) is 0. The monoisotopic (exact) mass is 287 g/mol. The van der Waals surface area contributed by atoms with Crippen LogP contribution in [0.25, 0.3) is 0 Å². The first kappa shape index (κ1) is 14.8. The molecular formula is C17H21NOS. The number of ether oxygens (including phenoxy) is 1. The van der Waals surface area contributed by atoms with Crippen LogP contribution < -0.4 is 10.5 Å². The van der Waals surface area contributed by atoms with Gasteiger partial charge in [0.25, 0.3) is 0 Å². The largest absolute Gasteiger partial charge is 0.492 e. The maximum atomic E-state index is 5.86. The Morgan fingerprint density at radius 3 is 2.55 bits per heavy atom. The lowest BCUT2D eigenvalue weighted by Gasteiger charge is -2.10. The van der Waals surface area contributed by atoms with Crippen LogP contribution in [0.3, 0.4) is 0 Å². The van der Waals surface area contributed by atoms with Crippen LogP contribution in [0.15, 0.2) is 41.3 Å². The first-order chi connectivity index (χ1) is 9.56. The van der Waals surface area contributed by atoms with E-state index < -0.39 is 0 Å². The van der Waals surface area contributed by atoms with Crippen molar-refractivity contribution in [3.8, 4) is 5.75 Å². The van der Waals surface area contributed by atoms with E-state index in [2.05, 4.69) is 45.0 Å². The number of hydrogen-bond acceptors (Lipinski definition) is 3. The third kappa shape index (κ3) is 3.94. The zero-order valence-electron chi connectivity index (χ0n) is 12.3. The minimum Gasteiger partial charge on any atom is -0.492 e. The van der Waals surface area contributed by atoms with Crippen molar-refractivity contribution in [3.63, 3.8) is 0 Å². The predicted octanol–water partition coefficient (Wildman–Crippen LogP) is 4.37. The normalized spacial score (nSPS) is 10.6. The van der Waals surface area contributed by atoms with Crippen molar-refractivity contribution >= 4 is 17.4 Å². The molecule has 2 nitrogen and oxygen atoms in total. The van der Waals surface area contributed by atoms with Gasteiger partial charge in [-0.25, -0.2) is 0 Å². The van der Waals surface area contributed by atoms with Gasteiger partial charge in [-0.1, -0.05) is 12.1 Å². The first-order valence-corrected chi connectivity index (χ1v) is 7.74. The molecule has 0 amide bonds. The number of rotatable bonds is 5. The minimum absolute atomic E-state index is 0.707. The SMILES string of the molecule is Cc1ccc(C)c(OCCSc2ccc(N)cc2C)c1. The Bertz CT molecular complexity index is 596. The van der Waals surface area contributed by atoms with Gasteiger partial charge >= 0.3 is 0 Å². The van der Waals surface area contributed by atoms with Crippen LogP contribution in [0.1, 0.15) is 16.7 Å². The van der Waals surface area contributed by atoms with E-state index in [1.165, 1.54) is 21.6 Å².